The molecule has 2 heterocycles. The number of aryl methyl sites for hydroxylation is 1. The van der Waals surface area contributed by atoms with Crippen LogP contribution in [0, 0.1) is 23.3 Å². The van der Waals surface area contributed by atoms with Crippen LogP contribution in [0.3, 0.4) is 0 Å². The third kappa shape index (κ3) is 3.98. The number of β-amino-alcohol motifs (C(OH)–C–C–N with tert-alkyl or cyclic N) is 1. The number of carbonyl (C=O) groups is 2. The molecule has 1 aromatic heterocycles. The lowest BCUT2D eigenvalue weighted by Gasteiger charge is -2.14. The maximum atomic E-state index is 14.3. The van der Waals surface area contributed by atoms with Crippen LogP contribution >= 0.6 is 0 Å². The molecule has 3 aromatic rings. The molecule has 31 heavy (non-hydrogen) atoms. The molecule has 4 rings (SSSR count). The zero-order valence-electron chi connectivity index (χ0n) is 15.9. The Morgan fingerprint density at radius 3 is 2.55 bits per heavy atom. The number of halogens is 4. The van der Waals surface area contributed by atoms with Crippen molar-refractivity contribution in [3.05, 3.63) is 59.2 Å². The molecule has 0 radical (unpaired) electrons. The van der Waals surface area contributed by atoms with Gasteiger partial charge in [0.1, 0.15) is 23.8 Å². The molecule has 1 fully saturated rings. The minimum atomic E-state index is -1.12. The van der Waals surface area contributed by atoms with Crippen LogP contribution < -0.4 is 10.6 Å². The van der Waals surface area contributed by atoms with Gasteiger partial charge in [-0.25, -0.2) is 17.6 Å². The molecule has 1 aliphatic heterocycles. The van der Waals surface area contributed by atoms with Gasteiger partial charge in [-0.15, -0.1) is 0 Å². The van der Waals surface area contributed by atoms with Crippen molar-refractivity contribution in [3.8, 4) is 11.3 Å². The Hall–Kier alpha value is -3.40. The molecule has 0 saturated carbocycles. The second-order valence-corrected chi connectivity index (χ2v) is 7.28. The van der Waals surface area contributed by atoms with Gasteiger partial charge in [0.2, 0.25) is 11.8 Å². The number of aromatic nitrogens is 1. The second kappa shape index (κ2) is 8.03. The molecule has 162 valence electrons. The zero-order chi connectivity index (χ0) is 22.3. The zero-order valence-corrected chi connectivity index (χ0v) is 15.9. The van der Waals surface area contributed by atoms with Gasteiger partial charge in [-0.3, -0.25) is 9.59 Å². The van der Waals surface area contributed by atoms with E-state index in [1.165, 1.54) is 6.07 Å². The Morgan fingerprint density at radius 1 is 1.10 bits per heavy atom. The minimum absolute atomic E-state index is 0.0189. The molecular formula is C21H17F4N3O3. The Balaban J connectivity index is 1.67. The van der Waals surface area contributed by atoms with Crippen LogP contribution in [-0.2, 0) is 16.0 Å². The highest BCUT2D eigenvalue weighted by atomic mass is 19.2. The van der Waals surface area contributed by atoms with Gasteiger partial charge in [-0.2, -0.15) is 0 Å². The number of rotatable bonds is 5. The SMILES string of the molecule is O=C(CCc1c(-c2ccc(F)c(F)c2)[nH]c2c(F)cc(F)cc12)N[C@@H]1C(=O)NC[C@H]1O. The van der Waals surface area contributed by atoms with Gasteiger partial charge in [0, 0.05) is 35.7 Å². The average molecular weight is 435 g/mol. The summed E-state index contributed by atoms with van der Waals surface area (Å²) in [4.78, 5) is 26.8. The second-order valence-electron chi connectivity index (χ2n) is 7.28. The van der Waals surface area contributed by atoms with Crippen LogP contribution in [-0.4, -0.2) is 40.6 Å². The molecule has 6 nitrogen and oxygen atoms in total. The van der Waals surface area contributed by atoms with Crippen LogP contribution in [0.2, 0.25) is 0 Å². The monoisotopic (exact) mass is 435 g/mol. The van der Waals surface area contributed by atoms with E-state index in [9.17, 15) is 32.3 Å². The molecule has 0 spiro atoms. The van der Waals surface area contributed by atoms with E-state index in [0.717, 1.165) is 18.2 Å². The molecule has 10 heteroatoms. The Morgan fingerprint density at radius 2 is 1.87 bits per heavy atom. The van der Waals surface area contributed by atoms with Crippen molar-refractivity contribution in [1.29, 1.82) is 0 Å². The molecule has 0 unspecified atom stereocenters. The van der Waals surface area contributed by atoms with E-state index in [2.05, 4.69) is 15.6 Å². The van der Waals surface area contributed by atoms with E-state index in [0.29, 0.717) is 11.6 Å². The normalized spacial score (nSPS) is 18.4. The fourth-order valence-electron chi connectivity index (χ4n) is 3.69. The summed E-state index contributed by atoms with van der Waals surface area (Å²) < 4.78 is 55.3. The quantitative estimate of drug-likeness (QED) is 0.464. The number of carbonyl (C=O) groups excluding carboxylic acids is 2. The highest BCUT2D eigenvalue weighted by molar-refractivity contribution is 5.93. The predicted molar refractivity (Wildman–Crippen MR) is 103 cm³/mol. The Kier molecular flexibility index (Phi) is 5.40. The lowest BCUT2D eigenvalue weighted by atomic mass is 10.0. The van der Waals surface area contributed by atoms with E-state index < -0.39 is 47.2 Å². The largest absolute Gasteiger partial charge is 0.389 e. The summed E-state index contributed by atoms with van der Waals surface area (Å²) >= 11 is 0. The standard InChI is InChI=1S/C21H17F4N3O3/c22-10-6-12-11(2-4-17(30)27-20-16(29)8-26-21(20)31)18(28-19(12)15(25)7-10)9-1-3-13(23)14(24)5-9/h1,3,5-7,16,20,28-29H,2,4,8H2,(H,26,31)(H,27,30)/t16-,20+/m1/s1. The number of H-pyrrole nitrogens is 1. The van der Waals surface area contributed by atoms with Gasteiger partial charge in [-0.1, -0.05) is 0 Å². The maximum absolute atomic E-state index is 14.3. The highest BCUT2D eigenvalue weighted by Gasteiger charge is 2.34. The van der Waals surface area contributed by atoms with E-state index in [1.54, 1.807) is 0 Å². The Bertz CT molecular complexity index is 1190. The third-order valence-corrected chi connectivity index (χ3v) is 5.21. The summed E-state index contributed by atoms with van der Waals surface area (Å²) in [6.45, 7) is 0.0189. The summed E-state index contributed by atoms with van der Waals surface area (Å²) in [6.07, 6.45) is -1.27. The molecule has 2 amide bonds. The van der Waals surface area contributed by atoms with Crippen molar-refractivity contribution in [2.75, 3.05) is 6.54 Å². The molecule has 0 aliphatic carbocycles. The predicted octanol–water partition coefficient (Wildman–Crippen LogP) is 2.30. The van der Waals surface area contributed by atoms with Crippen molar-refractivity contribution in [3.63, 3.8) is 0 Å². The number of hydrogen-bond donors (Lipinski definition) is 4. The van der Waals surface area contributed by atoms with E-state index in [-0.39, 0.29) is 41.5 Å². The topological polar surface area (TPSA) is 94.2 Å². The lowest BCUT2D eigenvalue weighted by molar-refractivity contribution is -0.128. The Labute approximate surface area is 173 Å². The number of hydrogen-bond acceptors (Lipinski definition) is 3. The number of aliphatic hydroxyl groups excluding tert-OH is 1. The average Bonchev–Trinajstić information content (AvgIpc) is 3.23. The summed E-state index contributed by atoms with van der Waals surface area (Å²) in [5, 5.41) is 14.7. The molecule has 2 aromatic carbocycles. The van der Waals surface area contributed by atoms with Crippen molar-refractivity contribution in [1.82, 2.24) is 15.6 Å². The smallest absolute Gasteiger partial charge is 0.245 e. The van der Waals surface area contributed by atoms with Gasteiger partial charge in [0.05, 0.1) is 5.52 Å². The maximum Gasteiger partial charge on any atom is 0.245 e. The van der Waals surface area contributed by atoms with Crippen molar-refractivity contribution < 1.29 is 32.3 Å². The van der Waals surface area contributed by atoms with Gasteiger partial charge in [0.15, 0.2) is 11.6 Å². The van der Waals surface area contributed by atoms with Crippen molar-refractivity contribution in [2.24, 2.45) is 0 Å². The van der Waals surface area contributed by atoms with Crippen LogP contribution in [0.25, 0.3) is 22.2 Å². The molecule has 0 bridgehead atoms. The third-order valence-electron chi connectivity index (χ3n) is 5.21. The lowest BCUT2D eigenvalue weighted by Crippen LogP contribution is -2.45. The first kappa shape index (κ1) is 20.9. The molecule has 1 saturated heterocycles. The van der Waals surface area contributed by atoms with Gasteiger partial charge >= 0.3 is 0 Å². The molecule has 4 N–H and O–H groups in total. The summed E-state index contributed by atoms with van der Waals surface area (Å²) in [5.74, 6) is -4.97. The van der Waals surface area contributed by atoms with E-state index in [1.807, 2.05) is 0 Å². The molecule has 2 atom stereocenters. The van der Waals surface area contributed by atoms with Gasteiger partial charge in [0.25, 0.3) is 0 Å². The van der Waals surface area contributed by atoms with Crippen LogP contribution in [0.15, 0.2) is 30.3 Å². The summed E-state index contributed by atoms with van der Waals surface area (Å²) in [6, 6.07) is 3.78. The number of fused-ring (bicyclic) bond motifs is 1. The molecule has 1 aliphatic rings. The van der Waals surface area contributed by atoms with Gasteiger partial charge < -0.3 is 20.7 Å². The van der Waals surface area contributed by atoms with Gasteiger partial charge in [-0.05, 0) is 36.2 Å². The highest BCUT2D eigenvalue weighted by Crippen LogP contribution is 2.34. The number of benzene rings is 2. The number of nitrogens with one attached hydrogen (secondary N) is 3. The first-order valence-corrected chi connectivity index (χ1v) is 9.44. The number of aromatic amines is 1. The first-order chi connectivity index (χ1) is 14.7. The van der Waals surface area contributed by atoms with Crippen LogP contribution in [0.4, 0.5) is 17.6 Å². The van der Waals surface area contributed by atoms with Crippen LogP contribution in [0.5, 0.6) is 0 Å². The first-order valence-electron chi connectivity index (χ1n) is 9.44. The fraction of sp³-hybridized carbons (Fsp3) is 0.238. The summed E-state index contributed by atoms with van der Waals surface area (Å²) in [7, 11) is 0. The van der Waals surface area contributed by atoms with Crippen molar-refractivity contribution >= 4 is 22.7 Å². The van der Waals surface area contributed by atoms with E-state index >= 15 is 0 Å². The minimum Gasteiger partial charge on any atom is -0.389 e. The van der Waals surface area contributed by atoms with Crippen LogP contribution in [0.1, 0.15) is 12.0 Å². The van der Waals surface area contributed by atoms with E-state index in [4.69, 9.17) is 0 Å². The van der Waals surface area contributed by atoms with Crippen molar-refractivity contribution in [2.45, 2.75) is 25.0 Å². The molecular weight excluding hydrogens is 418 g/mol. The number of aliphatic hydroxyl groups is 1. The number of amides is 2. The summed E-state index contributed by atoms with van der Waals surface area (Å²) in [5.41, 5.74) is 0.689. The fourth-order valence-corrected chi connectivity index (χ4v) is 3.69.